The van der Waals surface area contributed by atoms with Crippen LogP contribution in [0.15, 0.2) is 4.42 Å². The number of piperidine rings is 1. The summed E-state index contributed by atoms with van der Waals surface area (Å²) in [7, 11) is 0. The number of hydrogen-bond acceptors (Lipinski definition) is 4. The van der Waals surface area contributed by atoms with Crippen molar-refractivity contribution < 1.29 is 4.42 Å². The van der Waals surface area contributed by atoms with Gasteiger partial charge in [-0.3, -0.25) is 0 Å². The van der Waals surface area contributed by atoms with Gasteiger partial charge in [0.15, 0.2) is 0 Å². The molecule has 2 aliphatic rings. The van der Waals surface area contributed by atoms with E-state index in [4.69, 9.17) is 4.42 Å². The molecule has 0 radical (unpaired) electrons. The van der Waals surface area contributed by atoms with E-state index in [1.54, 1.807) is 0 Å². The van der Waals surface area contributed by atoms with Crippen LogP contribution in [-0.4, -0.2) is 23.6 Å². The van der Waals surface area contributed by atoms with Crippen molar-refractivity contribution in [3.05, 3.63) is 17.3 Å². The fourth-order valence-electron chi connectivity index (χ4n) is 3.80. The van der Waals surface area contributed by atoms with Crippen molar-refractivity contribution in [2.45, 2.75) is 71.0 Å². The first-order valence-corrected chi connectivity index (χ1v) is 8.13. The van der Waals surface area contributed by atoms with Crippen molar-refractivity contribution in [1.29, 1.82) is 0 Å². The number of aromatic nitrogens is 1. The molecule has 20 heavy (non-hydrogen) atoms. The molecule has 3 unspecified atom stereocenters. The second-order valence-corrected chi connectivity index (χ2v) is 6.39. The van der Waals surface area contributed by atoms with Gasteiger partial charge in [-0.1, -0.05) is 12.8 Å². The molecule has 3 atom stereocenters. The first kappa shape index (κ1) is 14.1. The van der Waals surface area contributed by atoms with Gasteiger partial charge in [0.05, 0.1) is 12.2 Å². The Balaban J connectivity index is 1.55. The second kappa shape index (κ2) is 6.27. The smallest absolute Gasteiger partial charge is 0.208 e. The molecule has 3 rings (SSSR count). The van der Waals surface area contributed by atoms with E-state index in [0.29, 0.717) is 6.04 Å². The minimum atomic E-state index is 0.623. The average Bonchev–Trinajstić information content (AvgIpc) is 3.05. The highest BCUT2D eigenvalue weighted by Gasteiger charge is 2.34. The lowest BCUT2D eigenvalue weighted by molar-refractivity contribution is 0.252. The van der Waals surface area contributed by atoms with E-state index in [1.807, 2.05) is 13.8 Å². The Morgan fingerprint density at radius 1 is 1.20 bits per heavy atom. The van der Waals surface area contributed by atoms with E-state index in [1.165, 1.54) is 45.1 Å². The summed E-state index contributed by atoms with van der Waals surface area (Å²) in [4.78, 5) is 4.46. The molecule has 4 nitrogen and oxygen atoms in total. The Morgan fingerprint density at radius 3 is 2.80 bits per heavy atom. The fraction of sp³-hybridized carbons (Fsp3) is 0.812. The lowest BCUT2D eigenvalue weighted by Crippen LogP contribution is -2.46. The molecule has 112 valence electrons. The molecule has 1 aromatic heterocycles. The first-order valence-electron chi connectivity index (χ1n) is 8.13. The maximum Gasteiger partial charge on any atom is 0.208 e. The molecule has 1 aliphatic heterocycles. The van der Waals surface area contributed by atoms with Crippen molar-refractivity contribution >= 4 is 0 Å². The summed E-state index contributed by atoms with van der Waals surface area (Å²) in [6.45, 7) is 5.96. The second-order valence-electron chi connectivity index (χ2n) is 6.39. The maximum absolute atomic E-state index is 5.67. The van der Waals surface area contributed by atoms with Crippen molar-refractivity contribution in [2.75, 3.05) is 6.54 Å². The summed E-state index contributed by atoms with van der Waals surface area (Å²) in [5, 5.41) is 7.41. The van der Waals surface area contributed by atoms with Gasteiger partial charge in [-0.15, -0.1) is 0 Å². The van der Waals surface area contributed by atoms with E-state index in [9.17, 15) is 0 Å². The molecule has 0 amide bonds. The normalized spacial score (nSPS) is 30.8. The molecule has 1 saturated carbocycles. The summed E-state index contributed by atoms with van der Waals surface area (Å²) in [5.41, 5.74) is 1.01. The van der Waals surface area contributed by atoms with Crippen LogP contribution >= 0.6 is 0 Å². The molecule has 0 spiro atoms. The van der Waals surface area contributed by atoms with Gasteiger partial charge in [0, 0.05) is 12.1 Å². The molecular formula is C16H27N3O. The minimum Gasteiger partial charge on any atom is -0.444 e. The van der Waals surface area contributed by atoms with Crippen LogP contribution in [0.2, 0.25) is 0 Å². The molecular weight excluding hydrogens is 250 g/mol. The SMILES string of the molecule is Cc1nc(CNC2CCCC2C2CCCCN2)oc1C. The Kier molecular flexibility index (Phi) is 4.41. The van der Waals surface area contributed by atoms with E-state index in [-0.39, 0.29) is 0 Å². The van der Waals surface area contributed by atoms with E-state index in [2.05, 4.69) is 15.6 Å². The molecule has 2 heterocycles. The number of rotatable bonds is 4. The van der Waals surface area contributed by atoms with Crippen LogP contribution in [0.25, 0.3) is 0 Å². The van der Waals surface area contributed by atoms with Crippen molar-refractivity contribution in [3.63, 3.8) is 0 Å². The van der Waals surface area contributed by atoms with E-state index < -0.39 is 0 Å². The molecule has 0 bridgehead atoms. The lowest BCUT2D eigenvalue weighted by atomic mass is 9.88. The fourth-order valence-corrected chi connectivity index (χ4v) is 3.80. The maximum atomic E-state index is 5.67. The molecule has 2 N–H and O–H groups in total. The topological polar surface area (TPSA) is 50.1 Å². The van der Waals surface area contributed by atoms with Crippen molar-refractivity contribution in [3.8, 4) is 0 Å². The number of oxazole rings is 1. The Hall–Kier alpha value is -0.870. The highest BCUT2D eigenvalue weighted by Crippen LogP contribution is 2.31. The number of nitrogens with one attached hydrogen (secondary N) is 2. The number of hydrogen-bond donors (Lipinski definition) is 2. The molecule has 2 fully saturated rings. The highest BCUT2D eigenvalue weighted by atomic mass is 16.4. The quantitative estimate of drug-likeness (QED) is 0.888. The van der Waals surface area contributed by atoms with Crippen LogP contribution in [0.5, 0.6) is 0 Å². The molecule has 1 saturated heterocycles. The standard InChI is InChI=1S/C16H27N3O/c1-11-12(2)20-16(19-11)10-18-15-8-5-6-13(15)14-7-3-4-9-17-14/h13-15,17-18H,3-10H2,1-2H3. The van der Waals surface area contributed by atoms with Crippen molar-refractivity contribution in [2.24, 2.45) is 5.92 Å². The van der Waals surface area contributed by atoms with Crippen LogP contribution in [0.1, 0.15) is 55.9 Å². The Bertz CT molecular complexity index is 417. The van der Waals surface area contributed by atoms with Gasteiger partial charge in [-0.05, 0) is 52.0 Å². The van der Waals surface area contributed by atoms with Gasteiger partial charge in [0.2, 0.25) is 5.89 Å². The summed E-state index contributed by atoms with van der Waals surface area (Å²) in [6.07, 6.45) is 8.08. The third-order valence-electron chi connectivity index (χ3n) is 5.02. The number of aryl methyl sites for hydroxylation is 2. The third kappa shape index (κ3) is 3.07. The van der Waals surface area contributed by atoms with Gasteiger partial charge in [-0.2, -0.15) is 0 Å². The first-order chi connectivity index (χ1) is 9.74. The average molecular weight is 277 g/mol. The molecule has 1 aromatic rings. The van der Waals surface area contributed by atoms with E-state index in [0.717, 1.165) is 35.8 Å². The predicted molar refractivity (Wildman–Crippen MR) is 79.6 cm³/mol. The molecule has 0 aromatic carbocycles. The molecule has 4 heteroatoms. The van der Waals surface area contributed by atoms with E-state index >= 15 is 0 Å². The van der Waals surface area contributed by atoms with Crippen LogP contribution in [0.3, 0.4) is 0 Å². The van der Waals surface area contributed by atoms with Crippen molar-refractivity contribution in [1.82, 2.24) is 15.6 Å². The lowest BCUT2D eigenvalue weighted by Gasteiger charge is -2.33. The van der Waals surface area contributed by atoms with Gasteiger partial charge < -0.3 is 15.1 Å². The summed E-state index contributed by atoms with van der Waals surface area (Å²) >= 11 is 0. The highest BCUT2D eigenvalue weighted by molar-refractivity contribution is 5.05. The number of nitrogens with zero attached hydrogens (tertiary/aromatic N) is 1. The largest absolute Gasteiger partial charge is 0.444 e. The zero-order valence-corrected chi connectivity index (χ0v) is 12.7. The molecule has 1 aliphatic carbocycles. The summed E-state index contributed by atoms with van der Waals surface area (Å²) in [6, 6.07) is 1.34. The van der Waals surface area contributed by atoms with Crippen LogP contribution in [0.4, 0.5) is 0 Å². The summed E-state index contributed by atoms with van der Waals surface area (Å²) < 4.78 is 5.67. The Morgan fingerprint density at radius 2 is 2.10 bits per heavy atom. The van der Waals surface area contributed by atoms with Gasteiger partial charge >= 0.3 is 0 Å². The monoisotopic (exact) mass is 277 g/mol. The Labute approximate surface area is 121 Å². The van der Waals surface area contributed by atoms with Crippen LogP contribution in [-0.2, 0) is 6.54 Å². The van der Waals surface area contributed by atoms with Gasteiger partial charge in [-0.25, -0.2) is 4.98 Å². The van der Waals surface area contributed by atoms with Gasteiger partial charge in [0.1, 0.15) is 5.76 Å². The van der Waals surface area contributed by atoms with Gasteiger partial charge in [0.25, 0.3) is 0 Å². The zero-order chi connectivity index (χ0) is 13.9. The minimum absolute atomic E-state index is 0.623. The van der Waals surface area contributed by atoms with Crippen LogP contribution < -0.4 is 10.6 Å². The van der Waals surface area contributed by atoms with Crippen LogP contribution in [0, 0.1) is 19.8 Å². The third-order valence-corrected chi connectivity index (χ3v) is 5.02. The predicted octanol–water partition coefficient (Wildman–Crippen LogP) is 2.69. The summed E-state index contributed by atoms with van der Waals surface area (Å²) in [5.74, 6) is 2.56. The zero-order valence-electron chi connectivity index (χ0n) is 12.7.